The maximum absolute atomic E-state index is 12.0. The molecule has 18 nitrogen and oxygen atoms in total. The highest BCUT2D eigenvalue weighted by Gasteiger charge is 2.97. The molecular weight excluding hydrogens is 648 g/mol. The van der Waals surface area contributed by atoms with Crippen LogP contribution in [-0.2, 0) is 86.0 Å². The third-order valence-corrected chi connectivity index (χ3v) is 13.2. The summed E-state index contributed by atoms with van der Waals surface area (Å²) in [7, 11) is 0. The standard InChI is InChI=1S/C12H12O6.C10H8O6.C8H4O6/c1-9-5(13)17-6(14)10(9,2)12(4)8(16)18-7(15)11(9,12)3;1-9-3(5(11)15-7(9)13)10(2)4(9)6(12)16-8(10)14;9-5-1-2(6(10)13-5)4-3(1)7(11)14-8(4)12/h1-4H3;3-4H,1-2H3;1-4H. The van der Waals surface area contributed by atoms with Crippen molar-refractivity contribution in [2.45, 2.75) is 41.5 Å². The molecule has 0 spiro atoms. The number of carbonyl (C=O) groups is 12. The molecule has 9 aliphatic rings. The highest BCUT2D eigenvalue weighted by atomic mass is 16.6. The van der Waals surface area contributed by atoms with E-state index in [2.05, 4.69) is 28.4 Å². The Morgan fingerprint density at radius 3 is 0.771 bits per heavy atom. The molecule has 6 aliphatic heterocycles. The molecule has 0 radical (unpaired) electrons. The lowest BCUT2D eigenvalue weighted by Crippen LogP contribution is -2.77. The van der Waals surface area contributed by atoms with E-state index in [1.807, 2.05) is 0 Å². The zero-order valence-electron chi connectivity index (χ0n) is 25.8. The molecule has 0 amide bonds. The molecule has 48 heavy (non-hydrogen) atoms. The van der Waals surface area contributed by atoms with E-state index < -0.39 is 140 Å². The Morgan fingerprint density at radius 2 is 0.542 bits per heavy atom. The fourth-order valence-corrected chi connectivity index (χ4v) is 9.99. The predicted octanol–water partition coefficient (Wildman–Crippen LogP) is -1.76. The summed E-state index contributed by atoms with van der Waals surface area (Å²) in [5, 5.41) is 0. The summed E-state index contributed by atoms with van der Waals surface area (Å²) in [6.07, 6.45) is 0. The van der Waals surface area contributed by atoms with Crippen molar-refractivity contribution in [1.82, 2.24) is 0 Å². The molecule has 0 bridgehead atoms. The van der Waals surface area contributed by atoms with E-state index in [-0.39, 0.29) is 0 Å². The molecule has 0 unspecified atom stereocenters. The van der Waals surface area contributed by atoms with Gasteiger partial charge in [0.2, 0.25) is 0 Å². The minimum absolute atomic E-state index is 0.715. The number of ether oxygens (including phenoxy) is 6. The molecule has 0 aromatic carbocycles. The van der Waals surface area contributed by atoms with E-state index in [9.17, 15) is 57.5 Å². The van der Waals surface area contributed by atoms with Crippen molar-refractivity contribution in [3.8, 4) is 0 Å². The first-order chi connectivity index (χ1) is 22.0. The van der Waals surface area contributed by atoms with Crippen LogP contribution in [0.4, 0.5) is 0 Å². The molecule has 0 N–H and O–H groups in total. The number of carbonyl (C=O) groups excluding carboxylic acids is 12. The monoisotopic (exact) mass is 672 g/mol. The van der Waals surface area contributed by atoms with E-state index in [1.165, 1.54) is 41.5 Å². The summed E-state index contributed by atoms with van der Waals surface area (Å²) < 4.78 is 27.1. The van der Waals surface area contributed by atoms with E-state index in [0.717, 1.165) is 0 Å². The maximum atomic E-state index is 12.0. The number of hydrogen-bond donors (Lipinski definition) is 0. The fourth-order valence-electron chi connectivity index (χ4n) is 9.99. The predicted molar refractivity (Wildman–Crippen MR) is 136 cm³/mol. The molecule has 3 saturated carbocycles. The fraction of sp³-hybridized carbons (Fsp3) is 0.600. The Labute approximate surface area is 267 Å². The van der Waals surface area contributed by atoms with E-state index in [1.54, 1.807) is 0 Å². The number of hydrogen-bond acceptors (Lipinski definition) is 18. The largest absolute Gasteiger partial charge is 0.393 e. The second-order valence-corrected chi connectivity index (χ2v) is 14.3. The van der Waals surface area contributed by atoms with Gasteiger partial charge in [0.25, 0.3) is 0 Å². The van der Waals surface area contributed by atoms with Crippen molar-refractivity contribution in [3.05, 3.63) is 0 Å². The summed E-state index contributed by atoms with van der Waals surface area (Å²) in [4.78, 5) is 138. The summed E-state index contributed by atoms with van der Waals surface area (Å²) >= 11 is 0. The first kappa shape index (κ1) is 31.4. The number of cyclic esters (lactones) is 12. The number of rotatable bonds is 0. The van der Waals surface area contributed by atoms with E-state index >= 15 is 0 Å². The summed E-state index contributed by atoms with van der Waals surface area (Å²) in [5.74, 6) is -13.8. The minimum atomic E-state index is -1.35. The molecular formula is C30H24O18. The van der Waals surface area contributed by atoms with Crippen LogP contribution in [0.1, 0.15) is 41.5 Å². The van der Waals surface area contributed by atoms with Gasteiger partial charge in [0.15, 0.2) is 0 Å². The lowest BCUT2D eigenvalue weighted by atomic mass is 9.27. The van der Waals surface area contributed by atoms with Gasteiger partial charge in [-0.15, -0.1) is 0 Å². The van der Waals surface area contributed by atoms with Gasteiger partial charge in [-0.2, -0.15) is 0 Å². The second-order valence-electron chi connectivity index (χ2n) is 14.3. The van der Waals surface area contributed by atoms with E-state index in [0.29, 0.717) is 0 Å². The van der Waals surface area contributed by atoms with Gasteiger partial charge in [0, 0.05) is 0 Å². The van der Waals surface area contributed by atoms with Crippen LogP contribution in [0.25, 0.3) is 0 Å². The maximum Gasteiger partial charge on any atom is 0.321 e. The summed E-state index contributed by atoms with van der Waals surface area (Å²) in [6, 6.07) is 0. The van der Waals surface area contributed by atoms with Crippen molar-refractivity contribution in [3.63, 3.8) is 0 Å². The molecule has 6 saturated heterocycles. The minimum Gasteiger partial charge on any atom is -0.393 e. The average molecular weight is 673 g/mol. The first-order valence-electron chi connectivity index (χ1n) is 14.6. The van der Waals surface area contributed by atoms with Gasteiger partial charge in [-0.25, -0.2) is 0 Å². The second kappa shape index (κ2) is 8.46. The number of fused-ring (bicyclic) bond motifs is 12. The first-order valence-corrected chi connectivity index (χ1v) is 14.6. The summed E-state index contributed by atoms with van der Waals surface area (Å²) in [5.41, 5.74) is -7.86. The molecule has 9 rings (SSSR count). The Kier molecular flexibility index (Phi) is 5.54. The van der Waals surface area contributed by atoms with Crippen LogP contribution in [0, 0.1) is 68.0 Å². The van der Waals surface area contributed by atoms with Crippen LogP contribution in [0.5, 0.6) is 0 Å². The molecule has 0 aromatic rings. The van der Waals surface area contributed by atoms with Crippen molar-refractivity contribution in [2.75, 3.05) is 0 Å². The third-order valence-electron chi connectivity index (χ3n) is 13.2. The van der Waals surface area contributed by atoms with Gasteiger partial charge in [-0.3, -0.25) is 57.5 Å². The lowest BCUT2D eigenvalue weighted by Gasteiger charge is -2.65. The average Bonchev–Trinajstić information content (AvgIpc) is 3.60. The Hall–Kier alpha value is -5.16. The molecule has 18 heteroatoms. The van der Waals surface area contributed by atoms with Gasteiger partial charge < -0.3 is 28.4 Å². The lowest BCUT2D eigenvalue weighted by molar-refractivity contribution is -0.243. The Morgan fingerprint density at radius 1 is 0.312 bits per heavy atom. The van der Waals surface area contributed by atoms with Crippen LogP contribution in [-0.4, -0.2) is 71.6 Å². The zero-order chi connectivity index (χ0) is 35.6. The molecule has 3 aliphatic carbocycles. The Bertz CT molecular complexity index is 1610. The van der Waals surface area contributed by atoms with Gasteiger partial charge in [0.1, 0.15) is 0 Å². The van der Waals surface area contributed by atoms with Crippen molar-refractivity contribution >= 4 is 71.6 Å². The topological polar surface area (TPSA) is 260 Å². The van der Waals surface area contributed by atoms with Crippen molar-refractivity contribution in [2.24, 2.45) is 68.0 Å². The number of esters is 12. The Balaban J connectivity index is 0.000000115. The molecule has 0 atom stereocenters. The third kappa shape index (κ3) is 2.70. The smallest absolute Gasteiger partial charge is 0.321 e. The zero-order valence-corrected chi connectivity index (χ0v) is 25.8. The van der Waals surface area contributed by atoms with Crippen molar-refractivity contribution in [1.29, 1.82) is 0 Å². The highest BCUT2D eigenvalue weighted by molar-refractivity contribution is 6.18. The van der Waals surface area contributed by atoms with Gasteiger partial charge in [-0.1, -0.05) is 0 Å². The molecule has 6 heterocycles. The van der Waals surface area contributed by atoms with Crippen LogP contribution in [0.15, 0.2) is 0 Å². The summed E-state index contributed by atoms with van der Waals surface area (Å²) in [6.45, 7) is 8.89. The molecule has 9 fully saturated rings. The van der Waals surface area contributed by atoms with E-state index in [4.69, 9.17) is 0 Å². The van der Waals surface area contributed by atoms with Crippen LogP contribution in [0.2, 0.25) is 0 Å². The normalized spacial score (nSPS) is 49.4. The molecule has 0 aromatic heterocycles. The SMILES string of the molecule is CC12C(=O)OC(=O)C1(C)C1(C)C(=O)OC(=O)C21C.CC12C(=O)OC(=O)C1C1(C)C(=O)OC(=O)C21.O=C1OC(=O)C2C1C1C(=O)OC(=O)C21. The van der Waals surface area contributed by atoms with Gasteiger partial charge in [0.05, 0.1) is 68.0 Å². The van der Waals surface area contributed by atoms with Crippen LogP contribution < -0.4 is 0 Å². The van der Waals surface area contributed by atoms with Gasteiger partial charge in [-0.05, 0) is 41.5 Å². The quantitative estimate of drug-likeness (QED) is 0.157. The van der Waals surface area contributed by atoms with Gasteiger partial charge >= 0.3 is 71.6 Å². The van der Waals surface area contributed by atoms with Crippen molar-refractivity contribution < 1.29 is 86.0 Å². The highest BCUT2D eigenvalue weighted by Crippen LogP contribution is 2.83. The van der Waals surface area contributed by atoms with Crippen LogP contribution >= 0.6 is 0 Å². The molecule has 252 valence electrons. The van der Waals surface area contributed by atoms with Crippen LogP contribution in [0.3, 0.4) is 0 Å².